The van der Waals surface area contributed by atoms with Gasteiger partial charge in [0.25, 0.3) is 11.8 Å². The lowest BCUT2D eigenvalue weighted by atomic mass is 10.2. The largest absolute Gasteiger partial charge is 0.481 e. The molecule has 0 saturated carbocycles. The SMILES string of the molecule is CC(Oc1ccc(F)cc1)C(=O)NNC(=O)c1cc(F)cc(F)c1. The summed E-state index contributed by atoms with van der Waals surface area (Å²) >= 11 is 0. The minimum Gasteiger partial charge on any atom is -0.481 e. The van der Waals surface area contributed by atoms with Crippen LogP contribution in [-0.4, -0.2) is 17.9 Å². The van der Waals surface area contributed by atoms with E-state index in [9.17, 15) is 22.8 Å². The van der Waals surface area contributed by atoms with E-state index >= 15 is 0 Å². The predicted octanol–water partition coefficient (Wildman–Crippen LogP) is 2.33. The molecule has 0 bridgehead atoms. The Morgan fingerprint density at radius 3 is 2.08 bits per heavy atom. The molecule has 2 N–H and O–H groups in total. The molecule has 0 saturated heterocycles. The summed E-state index contributed by atoms with van der Waals surface area (Å²) in [7, 11) is 0. The molecular formula is C16H13F3N2O3. The number of rotatable bonds is 4. The summed E-state index contributed by atoms with van der Waals surface area (Å²) in [6, 6.07) is 7.28. The maximum absolute atomic E-state index is 13.0. The average molecular weight is 338 g/mol. The van der Waals surface area contributed by atoms with Crippen LogP contribution < -0.4 is 15.6 Å². The summed E-state index contributed by atoms with van der Waals surface area (Å²) < 4.78 is 44.1. The van der Waals surface area contributed by atoms with Crippen molar-refractivity contribution < 1.29 is 27.5 Å². The van der Waals surface area contributed by atoms with E-state index < -0.39 is 35.4 Å². The summed E-state index contributed by atoms with van der Waals surface area (Å²) in [6.07, 6.45) is -1.000. The molecular weight excluding hydrogens is 325 g/mol. The minimum absolute atomic E-state index is 0.262. The van der Waals surface area contributed by atoms with Gasteiger partial charge in [0.15, 0.2) is 6.10 Å². The number of ether oxygens (including phenoxy) is 1. The van der Waals surface area contributed by atoms with Crippen molar-refractivity contribution in [3.05, 3.63) is 65.5 Å². The van der Waals surface area contributed by atoms with E-state index in [0.717, 1.165) is 12.1 Å². The van der Waals surface area contributed by atoms with Crippen LogP contribution in [0.2, 0.25) is 0 Å². The Morgan fingerprint density at radius 1 is 0.917 bits per heavy atom. The van der Waals surface area contributed by atoms with Crippen LogP contribution in [-0.2, 0) is 4.79 Å². The number of amides is 2. The fraction of sp³-hybridized carbons (Fsp3) is 0.125. The molecule has 5 nitrogen and oxygen atoms in total. The second kappa shape index (κ2) is 7.49. The van der Waals surface area contributed by atoms with E-state index in [-0.39, 0.29) is 11.3 Å². The van der Waals surface area contributed by atoms with Crippen molar-refractivity contribution >= 4 is 11.8 Å². The first-order valence-electron chi connectivity index (χ1n) is 6.83. The lowest BCUT2D eigenvalue weighted by Gasteiger charge is -2.15. The fourth-order valence-electron chi connectivity index (χ4n) is 1.75. The van der Waals surface area contributed by atoms with Gasteiger partial charge in [-0.1, -0.05) is 0 Å². The Bertz CT molecular complexity index is 730. The van der Waals surface area contributed by atoms with Gasteiger partial charge in [-0.2, -0.15) is 0 Å². The van der Waals surface area contributed by atoms with Gasteiger partial charge >= 0.3 is 0 Å². The highest BCUT2D eigenvalue weighted by Crippen LogP contribution is 2.13. The van der Waals surface area contributed by atoms with Crippen molar-refractivity contribution in [2.45, 2.75) is 13.0 Å². The average Bonchev–Trinajstić information content (AvgIpc) is 2.53. The van der Waals surface area contributed by atoms with Crippen molar-refractivity contribution in [2.24, 2.45) is 0 Å². The zero-order valence-electron chi connectivity index (χ0n) is 12.5. The van der Waals surface area contributed by atoms with Crippen LogP contribution in [0, 0.1) is 17.5 Å². The van der Waals surface area contributed by atoms with Crippen molar-refractivity contribution in [2.75, 3.05) is 0 Å². The molecule has 2 aromatic rings. The van der Waals surface area contributed by atoms with Crippen LogP contribution >= 0.6 is 0 Å². The number of benzene rings is 2. The van der Waals surface area contributed by atoms with Crippen LogP contribution in [0.3, 0.4) is 0 Å². The van der Waals surface area contributed by atoms with Crippen LogP contribution in [0.15, 0.2) is 42.5 Å². The van der Waals surface area contributed by atoms with Crippen LogP contribution in [0.5, 0.6) is 5.75 Å². The Balaban J connectivity index is 1.89. The van der Waals surface area contributed by atoms with E-state index in [1.54, 1.807) is 0 Å². The Morgan fingerprint density at radius 2 is 1.50 bits per heavy atom. The molecule has 0 aromatic heterocycles. The molecule has 126 valence electrons. The molecule has 8 heteroatoms. The Hall–Kier alpha value is -3.03. The first kappa shape index (κ1) is 17.3. The molecule has 0 aliphatic carbocycles. The van der Waals surface area contributed by atoms with Crippen molar-refractivity contribution in [1.29, 1.82) is 0 Å². The smallest absolute Gasteiger partial charge is 0.279 e. The fourth-order valence-corrected chi connectivity index (χ4v) is 1.75. The van der Waals surface area contributed by atoms with Gasteiger partial charge in [0.2, 0.25) is 0 Å². The summed E-state index contributed by atoms with van der Waals surface area (Å²) in [6.45, 7) is 1.41. The van der Waals surface area contributed by atoms with Crippen LogP contribution in [0.25, 0.3) is 0 Å². The van der Waals surface area contributed by atoms with Crippen LogP contribution in [0.4, 0.5) is 13.2 Å². The second-order valence-corrected chi connectivity index (χ2v) is 4.82. The summed E-state index contributed by atoms with van der Waals surface area (Å²) in [5.41, 5.74) is 3.79. The number of hydrazine groups is 1. The standard InChI is InChI=1S/C16H13F3N2O3/c1-9(24-14-4-2-11(17)3-5-14)15(22)20-21-16(23)10-6-12(18)8-13(19)7-10/h2-9H,1H3,(H,20,22)(H,21,23). The Labute approximate surface area is 135 Å². The van der Waals surface area contributed by atoms with Crippen molar-refractivity contribution in [3.8, 4) is 5.75 Å². The summed E-state index contributed by atoms with van der Waals surface area (Å²) in [4.78, 5) is 23.5. The molecule has 2 aromatic carbocycles. The van der Waals surface area contributed by atoms with Gasteiger partial charge < -0.3 is 4.74 Å². The number of nitrogens with one attached hydrogen (secondary N) is 2. The van der Waals surface area contributed by atoms with Crippen molar-refractivity contribution in [3.63, 3.8) is 0 Å². The monoisotopic (exact) mass is 338 g/mol. The third kappa shape index (κ3) is 4.73. The molecule has 0 spiro atoms. The lowest BCUT2D eigenvalue weighted by molar-refractivity contribution is -0.128. The van der Waals surface area contributed by atoms with Gasteiger partial charge in [0.05, 0.1) is 0 Å². The number of halogens is 3. The predicted molar refractivity (Wildman–Crippen MR) is 78.5 cm³/mol. The lowest BCUT2D eigenvalue weighted by Crippen LogP contribution is -2.47. The molecule has 2 amide bonds. The Kier molecular flexibility index (Phi) is 5.41. The minimum atomic E-state index is -1.000. The first-order chi connectivity index (χ1) is 11.3. The molecule has 0 fully saturated rings. The van der Waals surface area contributed by atoms with Crippen LogP contribution in [0.1, 0.15) is 17.3 Å². The van der Waals surface area contributed by atoms with Gasteiger partial charge in [-0.05, 0) is 43.3 Å². The van der Waals surface area contributed by atoms with E-state index in [4.69, 9.17) is 4.74 Å². The number of carbonyl (C=O) groups is 2. The topological polar surface area (TPSA) is 67.4 Å². The highest BCUT2D eigenvalue weighted by atomic mass is 19.1. The maximum Gasteiger partial charge on any atom is 0.279 e. The van der Waals surface area contributed by atoms with E-state index in [0.29, 0.717) is 6.07 Å². The molecule has 1 atom stereocenters. The van der Waals surface area contributed by atoms with Gasteiger partial charge in [-0.15, -0.1) is 0 Å². The van der Waals surface area contributed by atoms with Crippen molar-refractivity contribution in [1.82, 2.24) is 10.9 Å². The maximum atomic E-state index is 13.0. The summed E-state index contributed by atoms with van der Waals surface area (Å²) in [5, 5.41) is 0. The number of hydrogen-bond donors (Lipinski definition) is 2. The van der Waals surface area contributed by atoms with E-state index in [1.165, 1.54) is 31.2 Å². The zero-order valence-corrected chi connectivity index (χ0v) is 12.5. The number of hydrogen-bond acceptors (Lipinski definition) is 3. The molecule has 0 aliphatic heterocycles. The quantitative estimate of drug-likeness (QED) is 0.841. The first-order valence-corrected chi connectivity index (χ1v) is 6.83. The zero-order chi connectivity index (χ0) is 17.7. The number of carbonyl (C=O) groups excluding carboxylic acids is 2. The van der Waals surface area contributed by atoms with E-state index in [1.807, 2.05) is 5.43 Å². The summed E-state index contributed by atoms with van der Waals surface area (Å²) in [5.74, 6) is -3.62. The highest BCUT2D eigenvalue weighted by molar-refractivity contribution is 5.95. The molecule has 0 aliphatic rings. The normalized spacial score (nSPS) is 11.5. The van der Waals surface area contributed by atoms with Gasteiger partial charge in [0, 0.05) is 11.6 Å². The highest BCUT2D eigenvalue weighted by Gasteiger charge is 2.16. The van der Waals surface area contributed by atoms with Gasteiger partial charge in [0.1, 0.15) is 23.2 Å². The molecule has 0 radical (unpaired) electrons. The molecule has 2 rings (SSSR count). The molecule has 1 unspecified atom stereocenters. The van der Waals surface area contributed by atoms with Gasteiger partial charge in [-0.25, -0.2) is 13.2 Å². The second-order valence-electron chi connectivity index (χ2n) is 4.82. The molecule has 24 heavy (non-hydrogen) atoms. The third-order valence-electron chi connectivity index (χ3n) is 2.92. The third-order valence-corrected chi connectivity index (χ3v) is 2.92. The molecule has 0 heterocycles. The van der Waals surface area contributed by atoms with E-state index in [2.05, 4.69) is 5.43 Å². The van der Waals surface area contributed by atoms with Gasteiger partial charge in [-0.3, -0.25) is 20.4 Å².